The molecule has 0 radical (unpaired) electrons. The molecule has 128 valence electrons. The number of hydrogen-bond acceptors (Lipinski definition) is 5. The second-order valence-corrected chi connectivity index (χ2v) is 6.91. The van der Waals surface area contributed by atoms with E-state index in [4.69, 9.17) is 5.14 Å². The smallest absolute Gasteiger partial charge is 0.354 e. The van der Waals surface area contributed by atoms with Crippen molar-refractivity contribution in [3.8, 4) is 11.1 Å². The Hall–Kier alpha value is -2.43. The van der Waals surface area contributed by atoms with Crippen molar-refractivity contribution in [2.45, 2.75) is 0 Å². The van der Waals surface area contributed by atoms with E-state index in [1.54, 1.807) is 18.3 Å². The quantitative estimate of drug-likeness (QED) is 0.625. The number of carboxylic acid groups (broad SMARTS) is 1. The summed E-state index contributed by atoms with van der Waals surface area (Å²) in [6.45, 7) is 3.80. The Kier molecular flexibility index (Phi) is 4.26. The predicted octanol–water partition coefficient (Wildman–Crippen LogP) is -1.32. The number of piperazine rings is 1. The number of nitrogens with two attached hydrogens (primary N) is 2. The summed E-state index contributed by atoms with van der Waals surface area (Å²) in [7, 11) is -4.19. The topological polar surface area (TPSA) is 135 Å². The number of hydrogen-bond donors (Lipinski definition) is 3. The second kappa shape index (κ2) is 6.23. The van der Waals surface area contributed by atoms with E-state index >= 15 is 0 Å². The van der Waals surface area contributed by atoms with E-state index in [1.807, 2.05) is 0 Å². The number of nitrogens with zero attached hydrogens (tertiary/aromatic N) is 3. The molecule has 9 nitrogen and oxygen atoms in total. The monoisotopic (exact) mass is 352 g/mol. The second-order valence-electron chi connectivity index (χ2n) is 5.48. The van der Waals surface area contributed by atoms with Gasteiger partial charge in [-0.2, -0.15) is 8.42 Å². The van der Waals surface area contributed by atoms with Gasteiger partial charge in [-0.15, -0.1) is 0 Å². The van der Waals surface area contributed by atoms with Crippen LogP contribution in [0.3, 0.4) is 0 Å². The van der Waals surface area contributed by atoms with E-state index in [0.717, 1.165) is 38.2 Å². The minimum absolute atomic E-state index is 0.252. The molecule has 10 heteroatoms. The molecule has 1 aliphatic rings. The average molecular weight is 352 g/mol. The molecule has 0 aromatic carbocycles. The van der Waals surface area contributed by atoms with Crippen molar-refractivity contribution in [2.24, 2.45) is 5.14 Å². The van der Waals surface area contributed by atoms with Gasteiger partial charge in [-0.25, -0.2) is 18.9 Å². The Balaban J connectivity index is 1.97. The number of carboxylic acids is 1. The Labute approximate surface area is 138 Å². The summed E-state index contributed by atoms with van der Waals surface area (Å²) in [5.41, 5.74) is 0.365. The molecule has 0 amide bonds. The van der Waals surface area contributed by atoms with Crippen LogP contribution in [0.1, 0.15) is 10.5 Å². The molecule has 5 N–H and O–H groups in total. The van der Waals surface area contributed by atoms with Crippen LogP contribution in [0, 0.1) is 0 Å². The summed E-state index contributed by atoms with van der Waals surface area (Å²) in [6.07, 6.45) is 2.67. The number of anilines is 1. The fraction of sp³-hybridized carbons (Fsp3) is 0.286. The minimum atomic E-state index is -4.19. The van der Waals surface area contributed by atoms with Crippen molar-refractivity contribution in [2.75, 3.05) is 31.1 Å². The van der Waals surface area contributed by atoms with Gasteiger partial charge in [-0.3, -0.25) is 0 Å². The summed E-state index contributed by atoms with van der Waals surface area (Å²) in [5, 5.41) is 16.6. The molecular weight excluding hydrogens is 334 g/mol. The third kappa shape index (κ3) is 3.11. The largest absolute Gasteiger partial charge is 0.477 e. The van der Waals surface area contributed by atoms with Gasteiger partial charge < -0.3 is 15.3 Å². The lowest BCUT2D eigenvalue weighted by atomic mass is 10.1. The maximum atomic E-state index is 11.5. The molecule has 3 rings (SSSR count). The van der Waals surface area contributed by atoms with Gasteiger partial charge in [0.1, 0.15) is 5.82 Å². The van der Waals surface area contributed by atoms with E-state index in [9.17, 15) is 18.3 Å². The summed E-state index contributed by atoms with van der Waals surface area (Å²) in [6, 6.07) is 4.94. The fourth-order valence-electron chi connectivity index (χ4n) is 2.78. The molecule has 0 aliphatic carbocycles. The van der Waals surface area contributed by atoms with Gasteiger partial charge in [0, 0.05) is 23.5 Å². The van der Waals surface area contributed by atoms with E-state index in [1.165, 1.54) is 6.07 Å². The first-order valence-electron chi connectivity index (χ1n) is 7.39. The third-order valence-electron chi connectivity index (χ3n) is 3.92. The van der Waals surface area contributed by atoms with Gasteiger partial charge in [0.05, 0.1) is 26.2 Å². The van der Waals surface area contributed by atoms with Crippen LogP contribution in [0.2, 0.25) is 0 Å². The molecule has 0 spiro atoms. The highest BCUT2D eigenvalue weighted by molar-refractivity contribution is 7.87. The molecule has 1 aliphatic heterocycles. The molecule has 2 aromatic heterocycles. The van der Waals surface area contributed by atoms with Crippen molar-refractivity contribution in [1.29, 1.82) is 0 Å². The van der Waals surface area contributed by atoms with E-state index in [-0.39, 0.29) is 5.56 Å². The first-order chi connectivity index (χ1) is 11.4. The molecule has 1 saturated heterocycles. The number of aromatic carboxylic acids is 1. The molecule has 3 heterocycles. The van der Waals surface area contributed by atoms with Gasteiger partial charge in [0.25, 0.3) is 0 Å². The van der Waals surface area contributed by atoms with Crippen LogP contribution in [0.4, 0.5) is 5.82 Å². The van der Waals surface area contributed by atoms with Crippen molar-refractivity contribution in [1.82, 2.24) is 8.96 Å². The number of quaternary nitrogens is 1. The Morgan fingerprint density at radius 3 is 2.50 bits per heavy atom. The standard InChI is InChI=1S/C14H17N5O4S/c15-24(22,23)19-6-3-11(13(19)14(20)21)10-1-2-12(17-9-10)18-7-4-16-5-8-18/h1-3,6,9,16H,4-5,7-8H2,(H,20,21)(H2,15,22,23)/p+1. The number of pyridine rings is 1. The number of aromatic nitrogens is 2. The molecule has 0 saturated carbocycles. The van der Waals surface area contributed by atoms with Crippen molar-refractivity contribution < 1.29 is 23.6 Å². The summed E-state index contributed by atoms with van der Waals surface area (Å²) in [5.74, 6) is -0.561. The Bertz CT molecular complexity index is 854. The summed E-state index contributed by atoms with van der Waals surface area (Å²) in [4.78, 5) is 18.0. The van der Waals surface area contributed by atoms with Gasteiger partial charge >= 0.3 is 16.2 Å². The summed E-state index contributed by atoms with van der Waals surface area (Å²) >= 11 is 0. The molecular formula is C14H18N5O4S+. The minimum Gasteiger partial charge on any atom is -0.477 e. The lowest BCUT2D eigenvalue weighted by Gasteiger charge is -2.26. The van der Waals surface area contributed by atoms with E-state index < -0.39 is 21.9 Å². The lowest BCUT2D eigenvalue weighted by molar-refractivity contribution is -0.655. The lowest BCUT2D eigenvalue weighted by Crippen LogP contribution is -2.89. The maximum absolute atomic E-state index is 11.5. The SMILES string of the molecule is NS(=O)(=O)n1ccc(-c2ccc(N3CC[NH2+]CC3)nc2)c1C(=O)O. The molecule has 0 bridgehead atoms. The molecule has 24 heavy (non-hydrogen) atoms. The van der Waals surface area contributed by atoms with Crippen LogP contribution in [-0.4, -0.2) is 54.6 Å². The third-order valence-corrected chi connectivity index (χ3v) is 4.77. The van der Waals surface area contributed by atoms with Crippen LogP contribution < -0.4 is 15.4 Å². The molecule has 1 fully saturated rings. The molecule has 2 aromatic rings. The fourth-order valence-corrected chi connectivity index (χ4v) is 3.44. The Morgan fingerprint density at radius 2 is 1.96 bits per heavy atom. The van der Waals surface area contributed by atoms with Crippen molar-refractivity contribution in [3.05, 3.63) is 36.3 Å². The maximum Gasteiger partial charge on any atom is 0.354 e. The first kappa shape index (κ1) is 16.4. The van der Waals surface area contributed by atoms with Crippen LogP contribution in [0.15, 0.2) is 30.6 Å². The highest BCUT2D eigenvalue weighted by Gasteiger charge is 2.23. The predicted molar refractivity (Wildman–Crippen MR) is 87.0 cm³/mol. The zero-order valence-corrected chi connectivity index (χ0v) is 13.6. The van der Waals surface area contributed by atoms with Gasteiger partial charge in [-0.1, -0.05) is 0 Å². The highest BCUT2D eigenvalue weighted by atomic mass is 32.2. The average Bonchev–Trinajstić information content (AvgIpc) is 3.01. The Morgan fingerprint density at radius 1 is 1.25 bits per heavy atom. The van der Waals surface area contributed by atoms with Crippen LogP contribution >= 0.6 is 0 Å². The van der Waals surface area contributed by atoms with Crippen LogP contribution in [0.5, 0.6) is 0 Å². The molecule has 0 atom stereocenters. The van der Waals surface area contributed by atoms with Gasteiger partial charge in [-0.05, 0) is 18.2 Å². The van der Waals surface area contributed by atoms with Gasteiger partial charge in [0.2, 0.25) is 0 Å². The highest BCUT2D eigenvalue weighted by Crippen LogP contribution is 2.26. The first-order valence-corrected chi connectivity index (χ1v) is 8.89. The van der Waals surface area contributed by atoms with Crippen molar-refractivity contribution >= 4 is 22.0 Å². The zero-order chi connectivity index (χ0) is 17.3. The van der Waals surface area contributed by atoms with Crippen LogP contribution in [-0.2, 0) is 10.2 Å². The zero-order valence-electron chi connectivity index (χ0n) is 12.8. The van der Waals surface area contributed by atoms with E-state index in [2.05, 4.69) is 15.2 Å². The summed E-state index contributed by atoms with van der Waals surface area (Å²) < 4.78 is 23.6. The van der Waals surface area contributed by atoms with E-state index in [0.29, 0.717) is 9.54 Å². The number of carbonyl (C=O) groups is 1. The number of rotatable bonds is 4. The van der Waals surface area contributed by atoms with Crippen molar-refractivity contribution in [3.63, 3.8) is 0 Å². The van der Waals surface area contributed by atoms with Crippen LogP contribution in [0.25, 0.3) is 11.1 Å². The normalized spacial score (nSPS) is 15.5. The van der Waals surface area contributed by atoms with Gasteiger partial charge in [0.15, 0.2) is 5.69 Å². The molecule has 0 unspecified atom stereocenters.